The normalized spacial score (nSPS) is 16.3. The van der Waals surface area contributed by atoms with Gasteiger partial charge in [0.25, 0.3) is 0 Å². The van der Waals surface area contributed by atoms with Crippen molar-refractivity contribution >= 4 is 10.0 Å². The first-order valence-corrected chi connectivity index (χ1v) is 7.28. The van der Waals surface area contributed by atoms with E-state index in [4.69, 9.17) is 0 Å². The molecule has 0 aliphatic heterocycles. The summed E-state index contributed by atoms with van der Waals surface area (Å²) in [5.74, 6) is 0.765. The first-order chi connectivity index (χ1) is 6.93. The zero-order chi connectivity index (χ0) is 11.9. The topological polar surface area (TPSA) is 58.2 Å². The molecule has 0 amide bonds. The van der Waals surface area contributed by atoms with Crippen LogP contribution >= 0.6 is 0 Å². The van der Waals surface area contributed by atoms with E-state index in [0.29, 0.717) is 25.0 Å². The van der Waals surface area contributed by atoms with Gasteiger partial charge in [-0.05, 0) is 19.8 Å². The summed E-state index contributed by atoms with van der Waals surface area (Å²) in [5, 5.41) is 3.30. The molecule has 92 valence electrons. The summed E-state index contributed by atoms with van der Waals surface area (Å²) in [7, 11) is -3.03. The highest BCUT2D eigenvalue weighted by Gasteiger charge is 2.09. The summed E-state index contributed by atoms with van der Waals surface area (Å²) in [6.45, 7) is 9.26. The van der Waals surface area contributed by atoms with Crippen LogP contribution in [-0.4, -0.2) is 33.3 Å². The summed E-state index contributed by atoms with van der Waals surface area (Å²) >= 11 is 0. The monoisotopic (exact) mass is 236 g/mol. The number of nitrogens with one attached hydrogen (secondary N) is 2. The van der Waals surface area contributed by atoms with Crippen molar-refractivity contribution in [2.45, 2.75) is 40.2 Å². The second-order valence-corrected chi connectivity index (χ2v) is 6.02. The van der Waals surface area contributed by atoms with Crippen molar-refractivity contribution in [1.29, 1.82) is 0 Å². The molecule has 2 unspecified atom stereocenters. The largest absolute Gasteiger partial charge is 0.313 e. The van der Waals surface area contributed by atoms with Crippen molar-refractivity contribution in [3.63, 3.8) is 0 Å². The highest BCUT2D eigenvalue weighted by Crippen LogP contribution is 2.05. The van der Waals surface area contributed by atoms with Crippen molar-refractivity contribution < 1.29 is 8.42 Å². The van der Waals surface area contributed by atoms with Crippen molar-refractivity contribution in [3.8, 4) is 0 Å². The summed E-state index contributed by atoms with van der Waals surface area (Å²) < 4.78 is 24.7. The van der Waals surface area contributed by atoms with Gasteiger partial charge >= 0.3 is 0 Å². The molecule has 2 atom stereocenters. The first-order valence-electron chi connectivity index (χ1n) is 5.63. The second kappa shape index (κ2) is 7.19. The van der Waals surface area contributed by atoms with E-state index < -0.39 is 10.0 Å². The van der Waals surface area contributed by atoms with E-state index in [2.05, 4.69) is 30.8 Å². The second-order valence-electron chi connectivity index (χ2n) is 3.93. The molecular formula is C10H24N2O2S. The summed E-state index contributed by atoms with van der Waals surface area (Å²) in [6.07, 6.45) is 1.13. The molecule has 0 saturated heterocycles. The molecule has 0 saturated carbocycles. The van der Waals surface area contributed by atoms with Crippen LogP contribution in [0.25, 0.3) is 0 Å². The zero-order valence-electron chi connectivity index (χ0n) is 10.2. The van der Waals surface area contributed by atoms with Gasteiger partial charge in [0, 0.05) is 19.1 Å². The average Bonchev–Trinajstić information content (AvgIpc) is 2.22. The fourth-order valence-electron chi connectivity index (χ4n) is 1.16. The molecule has 0 aromatic carbocycles. The summed E-state index contributed by atoms with van der Waals surface area (Å²) in [5.41, 5.74) is 0. The van der Waals surface area contributed by atoms with E-state index in [1.54, 1.807) is 6.92 Å². The minimum absolute atomic E-state index is 0.147. The molecule has 0 fully saturated rings. The third-order valence-corrected chi connectivity index (χ3v) is 4.19. The Bertz CT molecular complexity index is 252. The molecule has 0 aliphatic carbocycles. The van der Waals surface area contributed by atoms with Gasteiger partial charge < -0.3 is 5.32 Å². The first kappa shape index (κ1) is 14.9. The maximum atomic E-state index is 11.1. The van der Waals surface area contributed by atoms with Crippen LogP contribution < -0.4 is 10.0 Å². The van der Waals surface area contributed by atoms with Gasteiger partial charge in [0.1, 0.15) is 0 Å². The van der Waals surface area contributed by atoms with Crippen LogP contribution in [-0.2, 0) is 10.0 Å². The lowest BCUT2D eigenvalue weighted by Gasteiger charge is -2.19. The Kier molecular flexibility index (Phi) is 7.13. The van der Waals surface area contributed by atoms with E-state index in [1.165, 1.54) is 0 Å². The fraction of sp³-hybridized carbons (Fsp3) is 1.00. The highest BCUT2D eigenvalue weighted by molar-refractivity contribution is 7.89. The molecule has 0 aromatic rings. The van der Waals surface area contributed by atoms with E-state index >= 15 is 0 Å². The predicted octanol–water partition coefficient (Wildman–Crippen LogP) is 0.950. The van der Waals surface area contributed by atoms with Gasteiger partial charge in [0.15, 0.2) is 0 Å². The van der Waals surface area contributed by atoms with Crippen LogP contribution in [0.2, 0.25) is 0 Å². The fourth-order valence-corrected chi connectivity index (χ4v) is 1.78. The lowest BCUT2D eigenvalue weighted by atomic mass is 10.0. The Morgan fingerprint density at radius 1 is 1.13 bits per heavy atom. The van der Waals surface area contributed by atoms with Crippen molar-refractivity contribution in [1.82, 2.24) is 10.0 Å². The molecule has 0 bridgehead atoms. The molecule has 5 heteroatoms. The SMILES string of the molecule is CCC(C)C(C)NCCNS(=O)(=O)CC. The van der Waals surface area contributed by atoms with Crippen LogP contribution in [0.1, 0.15) is 34.1 Å². The maximum Gasteiger partial charge on any atom is 0.211 e. The van der Waals surface area contributed by atoms with Gasteiger partial charge in [-0.3, -0.25) is 0 Å². The third-order valence-electron chi connectivity index (χ3n) is 2.79. The molecule has 15 heavy (non-hydrogen) atoms. The minimum Gasteiger partial charge on any atom is -0.313 e. The molecule has 0 radical (unpaired) electrons. The van der Waals surface area contributed by atoms with Crippen LogP contribution in [0.3, 0.4) is 0 Å². The van der Waals surface area contributed by atoms with Crippen molar-refractivity contribution in [2.24, 2.45) is 5.92 Å². The molecule has 0 spiro atoms. The smallest absolute Gasteiger partial charge is 0.211 e. The van der Waals surface area contributed by atoms with Crippen LogP contribution in [0.5, 0.6) is 0 Å². The number of hydrogen-bond acceptors (Lipinski definition) is 3. The van der Waals surface area contributed by atoms with E-state index in [1.807, 2.05) is 0 Å². The standard InChI is InChI=1S/C10H24N2O2S/c1-5-9(3)10(4)11-7-8-12-15(13,14)6-2/h9-12H,5-8H2,1-4H3. The Hall–Kier alpha value is -0.130. The Morgan fingerprint density at radius 2 is 1.73 bits per heavy atom. The molecule has 4 nitrogen and oxygen atoms in total. The molecule has 0 aromatic heterocycles. The van der Waals surface area contributed by atoms with Gasteiger partial charge in [0.2, 0.25) is 10.0 Å². The Balaban J connectivity index is 3.63. The van der Waals surface area contributed by atoms with Gasteiger partial charge in [0.05, 0.1) is 5.75 Å². The van der Waals surface area contributed by atoms with Gasteiger partial charge in [-0.1, -0.05) is 20.3 Å². The Labute approximate surface area is 93.9 Å². The number of rotatable bonds is 8. The summed E-state index contributed by atoms with van der Waals surface area (Å²) in [6, 6.07) is 0.432. The quantitative estimate of drug-likeness (QED) is 0.617. The number of hydrogen-bond donors (Lipinski definition) is 2. The summed E-state index contributed by atoms with van der Waals surface area (Å²) in [4.78, 5) is 0. The van der Waals surface area contributed by atoms with Crippen molar-refractivity contribution in [3.05, 3.63) is 0 Å². The van der Waals surface area contributed by atoms with Crippen molar-refractivity contribution in [2.75, 3.05) is 18.8 Å². The van der Waals surface area contributed by atoms with E-state index in [9.17, 15) is 8.42 Å². The lowest BCUT2D eigenvalue weighted by Crippen LogP contribution is -2.38. The molecule has 0 aliphatic rings. The van der Waals surface area contributed by atoms with Crippen LogP contribution in [0, 0.1) is 5.92 Å². The molecular weight excluding hydrogens is 212 g/mol. The third kappa shape index (κ3) is 6.87. The lowest BCUT2D eigenvalue weighted by molar-refractivity contribution is 0.393. The van der Waals surface area contributed by atoms with Crippen LogP contribution in [0.15, 0.2) is 0 Å². The number of sulfonamides is 1. The van der Waals surface area contributed by atoms with E-state index in [0.717, 1.165) is 6.42 Å². The molecule has 0 heterocycles. The predicted molar refractivity (Wildman–Crippen MR) is 64.4 cm³/mol. The maximum absolute atomic E-state index is 11.1. The minimum atomic E-state index is -3.03. The molecule has 0 rings (SSSR count). The highest BCUT2D eigenvalue weighted by atomic mass is 32.2. The zero-order valence-corrected chi connectivity index (χ0v) is 11.0. The average molecular weight is 236 g/mol. The Morgan fingerprint density at radius 3 is 2.20 bits per heavy atom. The van der Waals surface area contributed by atoms with Gasteiger partial charge in [-0.15, -0.1) is 0 Å². The van der Waals surface area contributed by atoms with Gasteiger partial charge in [-0.25, -0.2) is 13.1 Å². The van der Waals surface area contributed by atoms with E-state index in [-0.39, 0.29) is 5.75 Å². The molecule has 2 N–H and O–H groups in total. The van der Waals surface area contributed by atoms with Crippen LogP contribution in [0.4, 0.5) is 0 Å². The van der Waals surface area contributed by atoms with Gasteiger partial charge in [-0.2, -0.15) is 0 Å².